The molecule has 1 aromatic rings. The molecular formula is C16H26O4. The summed E-state index contributed by atoms with van der Waals surface area (Å²) in [4.78, 5) is 0. The molecule has 0 aliphatic rings. The highest BCUT2D eigenvalue weighted by Crippen LogP contribution is 2.22. The van der Waals surface area contributed by atoms with E-state index in [-0.39, 0.29) is 0 Å². The third kappa shape index (κ3) is 6.37. The van der Waals surface area contributed by atoms with Crippen molar-refractivity contribution in [2.24, 2.45) is 0 Å². The zero-order valence-corrected chi connectivity index (χ0v) is 13.0. The van der Waals surface area contributed by atoms with Gasteiger partial charge in [-0.1, -0.05) is 6.07 Å². The van der Waals surface area contributed by atoms with Crippen molar-refractivity contribution in [2.45, 2.75) is 20.8 Å². The average Bonchev–Trinajstić information content (AvgIpc) is 2.42. The Labute approximate surface area is 122 Å². The first-order chi connectivity index (χ1) is 9.65. The van der Waals surface area contributed by atoms with Crippen LogP contribution in [0.5, 0.6) is 5.75 Å². The van der Waals surface area contributed by atoms with Gasteiger partial charge in [0.25, 0.3) is 0 Å². The zero-order valence-electron chi connectivity index (χ0n) is 13.0. The van der Waals surface area contributed by atoms with Crippen LogP contribution in [0, 0.1) is 20.8 Å². The maximum absolute atomic E-state index is 5.73. The zero-order chi connectivity index (χ0) is 14.8. The molecule has 0 aromatic heterocycles. The lowest BCUT2D eigenvalue weighted by Gasteiger charge is -2.12. The van der Waals surface area contributed by atoms with Gasteiger partial charge in [0, 0.05) is 7.11 Å². The summed E-state index contributed by atoms with van der Waals surface area (Å²) in [5.74, 6) is 0.938. The van der Waals surface area contributed by atoms with Crippen LogP contribution in [-0.4, -0.2) is 46.8 Å². The van der Waals surface area contributed by atoms with Gasteiger partial charge in [-0.15, -0.1) is 0 Å². The number of methoxy groups -OCH3 is 1. The number of aryl methyl sites for hydroxylation is 3. The maximum Gasteiger partial charge on any atom is 0.122 e. The minimum Gasteiger partial charge on any atom is -0.491 e. The molecule has 1 rings (SSSR count). The lowest BCUT2D eigenvalue weighted by molar-refractivity contribution is 0.0179. The smallest absolute Gasteiger partial charge is 0.122 e. The predicted molar refractivity (Wildman–Crippen MR) is 79.7 cm³/mol. The van der Waals surface area contributed by atoms with E-state index in [1.807, 2.05) is 0 Å². The fourth-order valence-corrected chi connectivity index (χ4v) is 1.76. The van der Waals surface area contributed by atoms with Crippen molar-refractivity contribution < 1.29 is 18.9 Å². The van der Waals surface area contributed by atoms with E-state index in [0.717, 1.165) is 11.3 Å². The Morgan fingerprint density at radius 2 is 1.25 bits per heavy atom. The SMILES string of the molecule is COCCOCCOCCOc1cc(C)c(C)cc1C. The Bertz CT molecular complexity index is 390. The quantitative estimate of drug-likeness (QED) is 0.618. The van der Waals surface area contributed by atoms with E-state index in [2.05, 4.69) is 32.9 Å². The Morgan fingerprint density at radius 1 is 0.700 bits per heavy atom. The molecule has 0 fully saturated rings. The van der Waals surface area contributed by atoms with Gasteiger partial charge in [-0.2, -0.15) is 0 Å². The van der Waals surface area contributed by atoms with Gasteiger partial charge in [-0.25, -0.2) is 0 Å². The van der Waals surface area contributed by atoms with Crippen molar-refractivity contribution in [3.63, 3.8) is 0 Å². The minimum absolute atomic E-state index is 0.557. The Balaban J connectivity index is 2.11. The van der Waals surface area contributed by atoms with E-state index in [4.69, 9.17) is 18.9 Å². The molecule has 0 saturated carbocycles. The summed E-state index contributed by atoms with van der Waals surface area (Å²) in [5, 5.41) is 0. The van der Waals surface area contributed by atoms with Crippen LogP contribution in [-0.2, 0) is 14.2 Å². The summed E-state index contributed by atoms with van der Waals surface area (Å²) < 4.78 is 21.3. The number of rotatable bonds is 10. The Hall–Kier alpha value is -1.10. The average molecular weight is 282 g/mol. The molecule has 0 N–H and O–H groups in total. The topological polar surface area (TPSA) is 36.9 Å². The second-order valence-electron chi connectivity index (χ2n) is 4.77. The number of hydrogen-bond acceptors (Lipinski definition) is 4. The molecule has 20 heavy (non-hydrogen) atoms. The van der Waals surface area contributed by atoms with Crippen LogP contribution in [0.1, 0.15) is 16.7 Å². The van der Waals surface area contributed by atoms with Crippen molar-refractivity contribution in [2.75, 3.05) is 46.8 Å². The molecule has 0 bridgehead atoms. The fourth-order valence-electron chi connectivity index (χ4n) is 1.76. The summed E-state index contributed by atoms with van der Waals surface area (Å²) in [6, 6.07) is 4.23. The highest BCUT2D eigenvalue weighted by atomic mass is 16.6. The van der Waals surface area contributed by atoms with Crippen molar-refractivity contribution in [3.8, 4) is 5.75 Å². The lowest BCUT2D eigenvalue weighted by Crippen LogP contribution is -2.12. The Morgan fingerprint density at radius 3 is 1.90 bits per heavy atom. The van der Waals surface area contributed by atoms with Gasteiger partial charge >= 0.3 is 0 Å². The van der Waals surface area contributed by atoms with Crippen LogP contribution in [0.4, 0.5) is 0 Å². The van der Waals surface area contributed by atoms with Crippen molar-refractivity contribution in [3.05, 3.63) is 28.8 Å². The molecule has 0 aliphatic heterocycles. The molecule has 0 spiro atoms. The summed E-state index contributed by atoms with van der Waals surface area (Å²) in [6.45, 7) is 9.79. The standard InChI is InChI=1S/C16H26O4/c1-13-11-15(3)16(12-14(13)2)20-10-9-19-8-7-18-6-5-17-4/h11-12H,5-10H2,1-4H3. The predicted octanol–water partition coefficient (Wildman–Crippen LogP) is 2.67. The summed E-state index contributed by atoms with van der Waals surface area (Å²) in [7, 11) is 1.66. The normalized spacial score (nSPS) is 10.8. The van der Waals surface area contributed by atoms with Crippen LogP contribution < -0.4 is 4.74 Å². The number of hydrogen-bond donors (Lipinski definition) is 0. The van der Waals surface area contributed by atoms with Gasteiger partial charge in [-0.3, -0.25) is 0 Å². The second kappa shape index (κ2) is 9.75. The monoisotopic (exact) mass is 282 g/mol. The molecule has 0 radical (unpaired) electrons. The van der Waals surface area contributed by atoms with Gasteiger partial charge in [0.05, 0.1) is 33.0 Å². The van der Waals surface area contributed by atoms with Crippen molar-refractivity contribution in [1.29, 1.82) is 0 Å². The molecule has 1 aromatic carbocycles. The summed E-state index contributed by atoms with van der Waals surface area (Å²) in [6.07, 6.45) is 0. The largest absolute Gasteiger partial charge is 0.491 e. The van der Waals surface area contributed by atoms with E-state index in [1.54, 1.807) is 7.11 Å². The second-order valence-corrected chi connectivity index (χ2v) is 4.77. The molecule has 0 unspecified atom stereocenters. The van der Waals surface area contributed by atoms with Gasteiger partial charge in [0.1, 0.15) is 12.4 Å². The molecule has 0 saturated heterocycles. The van der Waals surface area contributed by atoms with Crippen LogP contribution >= 0.6 is 0 Å². The van der Waals surface area contributed by atoms with Gasteiger partial charge < -0.3 is 18.9 Å². The maximum atomic E-state index is 5.73. The van der Waals surface area contributed by atoms with Crippen LogP contribution in [0.15, 0.2) is 12.1 Å². The molecular weight excluding hydrogens is 256 g/mol. The van der Waals surface area contributed by atoms with Crippen LogP contribution in [0.3, 0.4) is 0 Å². The summed E-state index contributed by atoms with van der Waals surface area (Å²) in [5.41, 5.74) is 3.70. The number of benzene rings is 1. The van der Waals surface area contributed by atoms with Crippen LogP contribution in [0.2, 0.25) is 0 Å². The van der Waals surface area contributed by atoms with Gasteiger partial charge in [-0.05, 0) is 43.5 Å². The highest BCUT2D eigenvalue weighted by Gasteiger charge is 2.02. The minimum atomic E-state index is 0.557. The Kier molecular flexibility index (Phi) is 8.26. The fraction of sp³-hybridized carbons (Fsp3) is 0.625. The van der Waals surface area contributed by atoms with Crippen molar-refractivity contribution in [1.82, 2.24) is 0 Å². The lowest BCUT2D eigenvalue weighted by atomic mass is 10.1. The molecule has 0 amide bonds. The third-order valence-corrected chi connectivity index (χ3v) is 3.08. The first-order valence-electron chi connectivity index (χ1n) is 7.00. The molecule has 0 aliphatic carbocycles. The van der Waals surface area contributed by atoms with Gasteiger partial charge in [0.2, 0.25) is 0 Å². The van der Waals surface area contributed by atoms with Crippen LogP contribution in [0.25, 0.3) is 0 Å². The highest BCUT2D eigenvalue weighted by molar-refractivity contribution is 5.40. The van der Waals surface area contributed by atoms with Crippen molar-refractivity contribution >= 4 is 0 Å². The molecule has 4 heteroatoms. The molecule has 114 valence electrons. The molecule has 4 nitrogen and oxygen atoms in total. The van der Waals surface area contributed by atoms with E-state index in [1.165, 1.54) is 11.1 Å². The molecule has 0 heterocycles. The number of ether oxygens (including phenoxy) is 4. The first-order valence-corrected chi connectivity index (χ1v) is 7.00. The van der Waals surface area contributed by atoms with E-state index in [9.17, 15) is 0 Å². The van der Waals surface area contributed by atoms with E-state index in [0.29, 0.717) is 39.6 Å². The third-order valence-electron chi connectivity index (χ3n) is 3.08. The van der Waals surface area contributed by atoms with E-state index < -0.39 is 0 Å². The van der Waals surface area contributed by atoms with Gasteiger partial charge in [0.15, 0.2) is 0 Å². The molecule has 0 atom stereocenters. The van der Waals surface area contributed by atoms with E-state index >= 15 is 0 Å². The summed E-state index contributed by atoms with van der Waals surface area (Å²) >= 11 is 0. The first kappa shape index (κ1) is 17.0.